The van der Waals surface area contributed by atoms with Gasteiger partial charge in [0.25, 0.3) is 0 Å². The minimum absolute atomic E-state index is 0.00752. The van der Waals surface area contributed by atoms with Gasteiger partial charge in [-0.1, -0.05) is 17.7 Å². The van der Waals surface area contributed by atoms with Crippen LogP contribution < -0.4 is 0 Å². The van der Waals surface area contributed by atoms with Gasteiger partial charge in [0.1, 0.15) is 5.82 Å². The van der Waals surface area contributed by atoms with Crippen LogP contribution >= 0.6 is 27.5 Å². The van der Waals surface area contributed by atoms with Gasteiger partial charge in [0.05, 0.1) is 17.2 Å². The molecule has 0 amide bonds. The molecule has 0 spiro atoms. The van der Waals surface area contributed by atoms with Gasteiger partial charge in [-0.3, -0.25) is 0 Å². The Balaban J connectivity index is 2.31. The standard InChI is InChI=1S/C12H13BrClFO2/c1-6-7(4-5-17-6)12(16)8-2-3-9(13)10(14)11(8)15/h2-3,6-7,12,16H,4-5H2,1H3. The van der Waals surface area contributed by atoms with Gasteiger partial charge in [-0.25, -0.2) is 4.39 Å². The summed E-state index contributed by atoms with van der Waals surface area (Å²) in [6.45, 7) is 2.49. The van der Waals surface area contributed by atoms with E-state index in [1.54, 1.807) is 12.1 Å². The molecule has 1 aliphatic heterocycles. The molecule has 0 radical (unpaired) electrons. The first-order chi connectivity index (χ1) is 8.02. The van der Waals surface area contributed by atoms with Crippen molar-refractivity contribution < 1.29 is 14.2 Å². The fraction of sp³-hybridized carbons (Fsp3) is 0.500. The normalized spacial score (nSPS) is 26.2. The van der Waals surface area contributed by atoms with E-state index < -0.39 is 11.9 Å². The van der Waals surface area contributed by atoms with Crippen LogP contribution in [0.25, 0.3) is 0 Å². The minimum atomic E-state index is -0.877. The topological polar surface area (TPSA) is 29.5 Å². The summed E-state index contributed by atoms with van der Waals surface area (Å²) in [5, 5.41) is 10.2. The molecule has 1 saturated heterocycles. The summed E-state index contributed by atoms with van der Waals surface area (Å²) in [6, 6.07) is 3.20. The van der Waals surface area contributed by atoms with Crippen molar-refractivity contribution in [1.29, 1.82) is 0 Å². The summed E-state index contributed by atoms with van der Waals surface area (Å²) in [5.41, 5.74) is 0.237. The molecule has 2 rings (SSSR count). The number of benzene rings is 1. The van der Waals surface area contributed by atoms with Crippen LogP contribution in [0.2, 0.25) is 5.02 Å². The molecule has 1 aromatic carbocycles. The molecular formula is C12H13BrClFO2. The third kappa shape index (κ3) is 2.50. The molecule has 2 nitrogen and oxygen atoms in total. The van der Waals surface area contributed by atoms with E-state index in [4.69, 9.17) is 16.3 Å². The first kappa shape index (κ1) is 13.3. The lowest BCUT2D eigenvalue weighted by molar-refractivity contribution is 0.0415. The predicted molar refractivity (Wildman–Crippen MR) is 67.6 cm³/mol. The average Bonchev–Trinajstić information content (AvgIpc) is 2.72. The van der Waals surface area contributed by atoms with Gasteiger partial charge in [-0.2, -0.15) is 0 Å². The minimum Gasteiger partial charge on any atom is -0.388 e. The van der Waals surface area contributed by atoms with Crippen LogP contribution in [0.3, 0.4) is 0 Å². The molecular weight excluding hydrogens is 310 g/mol. The Morgan fingerprint density at radius 2 is 2.29 bits per heavy atom. The molecule has 0 aliphatic carbocycles. The fourth-order valence-corrected chi connectivity index (χ4v) is 2.64. The highest BCUT2D eigenvalue weighted by Gasteiger charge is 2.33. The highest BCUT2D eigenvalue weighted by Crippen LogP contribution is 2.37. The molecule has 1 N–H and O–H groups in total. The van der Waals surface area contributed by atoms with Crippen molar-refractivity contribution >= 4 is 27.5 Å². The number of ether oxygens (including phenoxy) is 1. The van der Waals surface area contributed by atoms with Crippen LogP contribution in [0.1, 0.15) is 25.0 Å². The van der Waals surface area contributed by atoms with Gasteiger partial charge in [-0.05, 0) is 35.3 Å². The van der Waals surface area contributed by atoms with E-state index in [-0.39, 0.29) is 22.6 Å². The van der Waals surface area contributed by atoms with E-state index in [9.17, 15) is 9.50 Å². The third-order valence-corrected chi connectivity index (χ3v) is 4.48. The smallest absolute Gasteiger partial charge is 0.148 e. The second-order valence-corrected chi connectivity index (χ2v) is 5.47. The predicted octanol–water partition coefficient (Wildman–Crippen LogP) is 3.70. The molecule has 1 aliphatic rings. The molecule has 3 unspecified atom stereocenters. The van der Waals surface area contributed by atoms with Crippen molar-refractivity contribution in [2.75, 3.05) is 6.61 Å². The number of hydrogen-bond acceptors (Lipinski definition) is 2. The first-order valence-electron chi connectivity index (χ1n) is 5.45. The number of halogens is 3. The molecule has 17 heavy (non-hydrogen) atoms. The van der Waals surface area contributed by atoms with Crippen LogP contribution in [0, 0.1) is 11.7 Å². The van der Waals surface area contributed by atoms with Crippen molar-refractivity contribution in [3.63, 3.8) is 0 Å². The van der Waals surface area contributed by atoms with Crippen LogP contribution in [0.15, 0.2) is 16.6 Å². The summed E-state index contributed by atoms with van der Waals surface area (Å²) in [6.07, 6.45) is -0.208. The van der Waals surface area contributed by atoms with E-state index in [2.05, 4.69) is 15.9 Å². The van der Waals surface area contributed by atoms with E-state index in [0.29, 0.717) is 11.1 Å². The van der Waals surface area contributed by atoms with Crippen molar-refractivity contribution in [3.05, 3.63) is 33.0 Å². The number of aliphatic hydroxyl groups is 1. The molecule has 0 aromatic heterocycles. The van der Waals surface area contributed by atoms with Gasteiger partial charge in [-0.15, -0.1) is 0 Å². The third-order valence-electron chi connectivity index (χ3n) is 3.22. The summed E-state index contributed by atoms with van der Waals surface area (Å²) >= 11 is 8.95. The second kappa shape index (κ2) is 5.22. The number of hydrogen-bond donors (Lipinski definition) is 1. The second-order valence-electron chi connectivity index (χ2n) is 4.24. The van der Waals surface area contributed by atoms with Crippen molar-refractivity contribution in [3.8, 4) is 0 Å². The van der Waals surface area contributed by atoms with Gasteiger partial charge < -0.3 is 9.84 Å². The molecule has 94 valence electrons. The van der Waals surface area contributed by atoms with Crippen molar-refractivity contribution in [2.24, 2.45) is 5.92 Å². The Morgan fingerprint density at radius 3 is 2.88 bits per heavy atom. The number of aliphatic hydroxyl groups excluding tert-OH is 1. The molecule has 1 fully saturated rings. The monoisotopic (exact) mass is 322 g/mol. The zero-order valence-corrected chi connectivity index (χ0v) is 11.6. The SMILES string of the molecule is CC1OCCC1C(O)c1ccc(Br)c(Cl)c1F. The van der Waals surface area contributed by atoms with Gasteiger partial charge in [0.2, 0.25) is 0 Å². The molecule has 0 bridgehead atoms. The summed E-state index contributed by atoms with van der Waals surface area (Å²) in [4.78, 5) is 0. The maximum Gasteiger partial charge on any atom is 0.148 e. The zero-order valence-electron chi connectivity index (χ0n) is 9.29. The zero-order chi connectivity index (χ0) is 12.6. The largest absolute Gasteiger partial charge is 0.388 e. The van der Waals surface area contributed by atoms with E-state index >= 15 is 0 Å². The van der Waals surface area contributed by atoms with Gasteiger partial charge in [0.15, 0.2) is 0 Å². The molecule has 0 saturated carbocycles. The highest BCUT2D eigenvalue weighted by molar-refractivity contribution is 9.10. The van der Waals surface area contributed by atoms with E-state index in [1.165, 1.54) is 0 Å². The highest BCUT2D eigenvalue weighted by atomic mass is 79.9. The lowest BCUT2D eigenvalue weighted by Crippen LogP contribution is -2.20. The quantitative estimate of drug-likeness (QED) is 0.841. The maximum atomic E-state index is 13.9. The fourth-order valence-electron chi connectivity index (χ4n) is 2.16. The lowest BCUT2D eigenvalue weighted by Gasteiger charge is -2.22. The van der Waals surface area contributed by atoms with Crippen molar-refractivity contribution in [2.45, 2.75) is 25.6 Å². The Kier molecular flexibility index (Phi) is 4.08. The van der Waals surface area contributed by atoms with E-state index in [0.717, 1.165) is 6.42 Å². The van der Waals surface area contributed by atoms with Gasteiger partial charge in [0, 0.05) is 22.6 Å². The Morgan fingerprint density at radius 1 is 1.59 bits per heavy atom. The Labute approximate surface area is 113 Å². The van der Waals surface area contributed by atoms with Crippen LogP contribution in [0.5, 0.6) is 0 Å². The molecule has 3 atom stereocenters. The molecule has 5 heteroatoms. The summed E-state index contributed by atoms with van der Waals surface area (Å²) in [7, 11) is 0. The van der Waals surface area contributed by atoms with E-state index in [1.807, 2.05) is 6.92 Å². The van der Waals surface area contributed by atoms with Crippen LogP contribution in [-0.4, -0.2) is 17.8 Å². The Bertz CT molecular complexity index is 427. The summed E-state index contributed by atoms with van der Waals surface area (Å²) < 4.78 is 19.8. The van der Waals surface area contributed by atoms with Crippen LogP contribution in [-0.2, 0) is 4.74 Å². The van der Waals surface area contributed by atoms with Crippen LogP contribution in [0.4, 0.5) is 4.39 Å². The average molecular weight is 324 g/mol. The van der Waals surface area contributed by atoms with Crippen molar-refractivity contribution in [1.82, 2.24) is 0 Å². The summed E-state index contributed by atoms with van der Waals surface area (Å²) in [5.74, 6) is -0.644. The first-order valence-corrected chi connectivity index (χ1v) is 6.62. The molecule has 1 aromatic rings. The maximum absolute atomic E-state index is 13.9. The number of rotatable bonds is 2. The Hall–Kier alpha value is -0.160. The molecule has 1 heterocycles. The van der Waals surface area contributed by atoms with Gasteiger partial charge >= 0.3 is 0 Å². The lowest BCUT2D eigenvalue weighted by atomic mass is 9.90.